The van der Waals surface area contributed by atoms with Crippen molar-refractivity contribution in [2.75, 3.05) is 17.4 Å². The number of benzene rings is 4. The van der Waals surface area contributed by atoms with Gasteiger partial charge in [0.1, 0.15) is 12.6 Å². The minimum absolute atomic E-state index is 0.0452. The van der Waals surface area contributed by atoms with Crippen LogP contribution in [0.25, 0.3) is 0 Å². The summed E-state index contributed by atoms with van der Waals surface area (Å²) >= 11 is 12.7. The highest BCUT2D eigenvalue weighted by molar-refractivity contribution is 7.92. The summed E-state index contributed by atoms with van der Waals surface area (Å²) in [5.41, 5.74) is 3.44. The lowest BCUT2D eigenvalue weighted by molar-refractivity contribution is -0.140. The number of amides is 2. The average molecular weight is 653 g/mol. The van der Waals surface area contributed by atoms with E-state index in [1.54, 1.807) is 55.5 Å². The summed E-state index contributed by atoms with van der Waals surface area (Å²) in [7, 11) is -4.18. The number of likely N-dealkylation sites (N-methyl/N-ethyl adjacent to an activating group) is 1. The molecule has 7 nitrogen and oxygen atoms in total. The molecule has 0 radical (unpaired) electrons. The summed E-state index contributed by atoms with van der Waals surface area (Å²) in [4.78, 5) is 29.5. The molecule has 2 amide bonds. The van der Waals surface area contributed by atoms with Gasteiger partial charge in [-0.2, -0.15) is 0 Å². The molecule has 10 heteroatoms. The van der Waals surface area contributed by atoms with E-state index in [1.807, 2.05) is 50.2 Å². The molecule has 0 spiro atoms. The Hall–Kier alpha value is -3.85. The molecule has 0 aliphatic rings. The highest BCUT2D eigenvalue weighted by Gasteiger charge is 2.35. The van der Waals surface area contributed by atoms with E-state index < -0.39 is 28.5 Å². The van der Waals surface area contributed by atoms with Crippen molar-refractivity contribution in [1.29, 1.82) is 0 Å². The topological polar surface area (TPSA) is 86.8 Å². The number of anilines is 1. The molecule has 0 saturated carbocycles. The van der Waals surface area contributed by atoms with Crippen molar-refractivity contribution in [2.45, 2.75) is 44.7 Å². The number of nitrogens with zero attached hydrogens (tertiary/aromatic N) is 2. The first-order valence-electron chi connectivity index (χ1n) is 14.2. The number of hydrogen-bond acceptors (Lipinski definition) is 4. The molecule has 0 heterocycles. The lowest BCUT2D eigenvalue weighted by atomic mass is 10.0. The number of hydrogen-bond donors (Lipinski definition) is 1. The molecule has 0 bridgehead atoms. The van der Waals surface area contributed by atoms with E-state index >= 15 is 0 Å². The fraction of sp³-hybridized carbons (Fsp3) is 0.235. The van der Waals surface area contributed by atoms with Crippen molar-refractivity contribution < 1.29 is 18.0 Å². The molecule has 1 atom stereocenters. The third-order valence-electron chi connectivity index (χ3n) is 7.08. The van der Waals surface area contributed by atoms with E-state index in [9.17, 15) is 18.0 Å². The van der Waals surface area contributed by atoms with Gasteiger partial charge in [0, 0.05) is 29.6 Å². The number of rotatable bonds is 12. The maximum absolute atomic E-state index is 14.5. The number of aryl methyl sites for hydroxylation is 2. The fourth-order valence-corrected chi connectivity index (χ4v) is 6.91. The SMILES string of the molecule is CCNC(=O)C(Cc1ccccc1)N(Cc1ccc(Cl)cc1Cl)C(=O)CN(c1cc(C)cc(C)c1)S(=O)(=O)c1ccccc1. The van der Waals surface area contributed by atoms with Gasteiger partial charge in [0.05, 0.1) is 10.6 Å². The van der Waals surface area contributed by atoms with Crippen molar-refractivity contribution in [3.8, 4) is 0 Å². The van der Waals surface area contributed by atoms with E-state index in [-0.39, 0.29) is 23.8 Å². The predicted octanol–water partition coefficient (Wildman–Crippen LogP) is 6.58. The Labute approximate surface area is 269 Å². The predicted molar refractivity (Wildman–Crippen MR) is 177 cm³/mol. The Morgan fingerprint density at radius 1 is 0.841 bits per heavy atom. The van der Waals surface area contributed by atoms with Crippen LogP contribution < -0.4 is 9.62 Å². The average Bonchev–Trinajstić information content (AvgIpc) is 2.99. The molecule has 0 fully saturated rings. The Morgan fingerprint density at radius 3 is 2.05 bits per heavy atom. The minimum atomic E-state index is -4.18. The highest BCUT2D eigenvalue weighted by Crippen LogP contribution is 2.28. The summed E-state index contributed by atoms with van der Waals surface area (Å²) in [5.74, 6) is -0.930. The van der Waals surface area contributed by atoms with Crippen LogP contribution in [0.15, 0.2) is 102 Å². The van der Waals surface area contributed by atoms with Gasteiger partial charge in [0.25, 0.3) is 10.0 Å². The van der Waals surface area contributed by atoms with Crippen molar-refractivity contribution in [1.82, 2.24) is 10.2 Å². The Balaban J connectivity index is 1.83. The molecule has 1 N–H and O–H groups in total. The van der Waals surface area contributed by atoms with Crippen LogP contribution in [0, 0.1) is 13.8 Å². The summed E-state index contributed by atoms with van der Waals surface area (Å²) in [6.07, 6.45) is 0.207. The van der Waals surface area contributed by atoms with E-state index in [2.05, 4.69) is 5.32 Å². The number of halogens is 2. The van der Waals surface area contributed by atoms with Gasteiger partial charge in [0.2, 0.25) is 11.8 Å². The van der Waals surface area contributed by atoms with Crippen LogP contribution in [0.2, 0.25) is 10.0 Å². The summed E-state index contributed by atoms with van der Waals surface area (Å²) < 4.78 is 29.3. The summed E-state index contributed by atoms with van der Waals surface area (Å²) in [6, 6.07) is 26.7. The van der Waals surface area contributed by atoms with Gasteiger partial charge in [0.15, 0.2) is 0 Å². The third kappa shape index (κ3) is 8.20. The second kappa shape index (κ2) is 14.8. The van der Waals surface area contributed by atoms with Crippen LogP contribution in [0.5, 0.6) is 0 Å². The van der Waals surface area contributed by atoms with Gasteiger partial charge in [-0.15, -0.1) is 0 Å². The zero-order chi connectivity index (χ0) is 31.9. The van der Waals surface area contributed by atoms with E-state index in [0.29, 0.717) is 27.8 Å². The number of carbonyl (C=O) groups is 2. The smallest absolute Gasteiger partial charge is 0.264 e. The highest BCUT2D eigenvalue weighted by atomic mass is 35.5. The maximum Gasteiger partial charge on any atom is 0.264 e. The molecule has 0 aliphatic heterocycles. The third-order valence-corrected chi connectivity index (χ3v) is 9.46. The standard InChI is InChI=1S/C34H35Cl2N3O4S/c1-4-37-34(41)32(20-26-11-7-5-8-12-26)38(22-27-15-16-28(35)21-31(27)36)33(40)23-39(29-18-24(2)17-25(3)19-29)44(42,43)30-13-9-6-10-14-30/h5-19,21,32H,4,20,22-23H2,1-3H3,(H,37,41). The van der Waals surface area contributed by atoms with Crippen LogP contribution in [0.3, 0.4) is 0 Å². The minimum Gasteiger partial charge on any atom is -0.355 e. The first-order valence-corrected chi connectivity index (χ1v) is 16.4. The maximum atomic E-state index is 14.5. The first kappa shape index (κ1) is 33.1. The second-order valence-corrected chi connectivity index (χ2v) is 13.2. The quantitative estimate of drug-likeness (QED) is 0.187. The van der Waals surface area contributed by atoms with Gasteiger partial charge in [-0.3, -0.25) is 13.9 Å². The van der Waals surface area contributed by atoms with E-state index in [4.69, 9.17) is 23.2 Å². The number of carbonyl (C=O) groups excluding carboxylic acids is 2. The molecule has 0 aromatic heterocycles. The van der Waals surface area contributed by atoms with Crippen LogP contribution in [0.1, 0.15) is 29.2 Å². The Morgan fingerprint density at radius 2 is 1.45 bits per heavy atom. The lowest BCUT2D eigenvalue weighted by Crippen LogP contribution is -2.53. The molecule has 4 rings (SSSR count). The number of sulfonamides is 1. The molecular weight excluding hydrogens is 617 g/mol. The van der Waals surface area contributed by atoms with Gasteiger partial charge < -0.3 is 10.2 Å². The van der Waals surface area contributed by atoms with E-state index in [0.717, 1.165) is 21.0 Å². The molecule has 230 valence electrons. The van der Waals surface area contributed by atoms with E-state index in [1.165, 1.54) is 17.0 Å². The Bertz CT molecular complexity index is 1700. The van der Waals surface area contributed by atoms with Crippen molar-refractivity contribution in [2.24, 2.45) is 0 Å². The molecule has 4 aromatic rings. The van der Waals surface area contributed by atoms with Crippen molar-refractivity contribution in [3.63, 3.8) is 0 Å². The zero-order valence-corrected chi connectivity index (χ0v) is 27.2. The molecule has 0 aliphatic carbocycles. The van der Waals surface area contributed by atoms with Gasteiger partial charge in [-0.25, -0.2) is 8.42 Å². The zero-order valence-electron chi connectivity index (χ0n) is 24.8. The monoisotopic (exact) mass is 651 g/mol. The van der Waals surface area contributed by atoms with Crippen LogP contribution in [-0.4, -0.2) is 44.3 Å². The largest absolute Gasteiger partial charge is 0.355 e. The molecular formula is C34H35Cl2N3O4S. The number of nitrogens with one attached hydrogen (secondary N) is 1. The van der Waals surface area contributed by atoms with Crippen LogP contribution in [0.4, 0.5) is 5.69 Å². The summed E-state index contributed by atoms with van der Waals surface area (Å²) in [5, 5.41) is 3.60. The van der Waals surface area contributed by atoms with Gasteiger partial charge in [-0.1, -0.05) is 83.9 Å². The van der Waals surface area contributed by atoms with Crippen LogP contribution >= 0.6 is 23.2 Å². The summed E-state index contributed by atoms with van der Waals surface area (Å²) in [6.45, 7) is 5.29. The fourth-order valence-electron chi connectivity index (χ4n) is 5.02. The van der Waals surface area contributed by atoms with Crippen molar-refractivity contribution >= 4 is 50.7 Å². The first-order chi connectivity index (χ1) is 21.0. The lowest BCUT2D eigenvalue weighted by Gasteiger charge is -2.34. The molecule has 0 saturated heterocycles. The second-order valence-electron chi connectivity index (χ2n) is 10.5. The normalized spacial score (nSPS) is 11.9. The Kier molecular flexibility index (Phi) is 11.1. The molecule has 1 unspecified atom stereocenters. The van der Waals surface area contributed by atoms with Crippen molar-refractivity contribution in [3.05, 3.63) is 129 Å². The van der Waals surface area contributed by atoms with Crippen LogP contribution in [-0.2, 0) is 32.6 Å². The molecule has 44 heavy (non-hydrogen) atoms. The molecule has 4 aromatic carbocycles. The van der Waals surface area contributed by atoms with Gasteiger partial charge >= 0.3 is 0 Å². The van der Waals surface area contributed by atoms with Gasteiger partial charge in [-0.05, 0) is 79.4 Å².